The fraction of sp³-hybridized carbons (Fsp3) is 0.700. The molecule has 0 saturated carbocycles. The van der Waals surface area contributed by atoms with E-state index in [1.165, 1.54) is 0 Å². The molecule has 0 fully saturated rings. The minimum Gasteiger partial charge on any atom is -0.356 e. The van der Waals surface area contributed by atoms with Gasteiger partial charge in [0.05, 0.1) is 0 Å². The molecular formula is C10H20N2OS. The van der Waals surface area contributed by atoms with Crippen molar-refractivity contribution in [2.75, 3.05) is 31.1 Å². The Morgan fingerprint density at radius 3 is 2.93 bits per heavy atom. The molecule has 0 atom stereocenters. The number of carbonyl (C=O) groups excluding carboxylic acids is 1. The molecule has 0 spiro atoms. The lowest BCUT2D eigenvalue weighted by molar-refractivity contribution is -0.120. The Bertz CT molecular complexity index is 162. The van der Waals surface area contributed by atoms with E-state index in [1.807, 2.05) is 24.8 Å². The number of hydrogen-bond donors (Lipinski definition) is 2. The summed E-state index contributed by atoms with van der Waals surface area (Å²) in [5, 5.41) is 5.98. The first kappa shape index (κ1) is 13.5. The van der Waals surface area contributed by atoms with Gasteiger partial charge in [-0.1, -0.05) is 6.08 Å². The number of amides is 1. The van der Waals surface area contributed by atoms with Gasteiger partial charge in [0, 0.05) is 37.6 Å². The molecule has 0 aliphatic rings. The molecule has 0 aliphatic heterocycles. The van der Waals surface area contributed by atoms with Crippen LogP contribution in [0.5, 0.6) is 0 Å². The van der Waals surface area contributed by atoms with Crippen LogP contribution in [0.4, 0.5) is 0 Å². The van der Waals surface area contributed by atoms with E-state index < -0.39 is 0 Å². The average Bonchev–Trinajstić information content (AvgIpc) is 2.17. The molecule has 0 unspecified atom stereocenters. The first-order valence-electron chi connectivity index (χ1n) is 4.97. The van der Waals surface area contributed by atoms with E-state index in [0.717, 1.165) is 24.6 Å². The summed E-state index contributed by atoms with van der Waals surface area (Å²) >= 11 is 1.84. The molecule has 14 heavy (non-hydrogen) atoms. The summed E-state index contributed by atoms with van der Waals surface area (Å²) in [6.45, 7) is 8.01. The van der Waals surface area contributed by atoms with Crippen LogP contribution in [0.25, 0.3) is 0 Å². The van der Waals surface area contributed by atoms with Gasteiger partial charge in [0.1, 0.15) is 0 Å². The smallest absolute Gasteiger partial charge is 0.221 e. The predicted molar refractivity (Wildman–Crippen MR) is 63.7 cm³/mol. The number of rotatable bonds is 9. The third-order valence-corrected chi connectivity index (χ3v) is 2.53. The molecule has 0 aromatic rings. The van der Waals surface area contributed by atoms with Crippen molar-refractivity contribution in [3.63, 3.8) is 0 Å². The molecule has 0 bridgehead atoms. The van der Waals surface area contributed by atoms with Crippen molar-refractivity contribution in [3.05, 3.63) is 12.7 Å². The Kier molecular flexibility index (Phi) is 10.2. The van der Waals surface area contributed by atoms with Gasteiger partial charge in [-0.3, -0.25) is 4.79 Å². The fourth-order valence-electron chi connectivity index (χ4n) is 0.923. The van der Waals surface area contributed by atoms with E-state index in [-0.39, 0.29) is 5.91 Å². The van der Waals surface area contributed by atoms with Crippen LogP contribution in [0.15, 0.2) is 12.7 Å². The highest BCUT2D eigenvalue weighted by molar-refractivity contribution is 7.99. The van der Waals surface area contributed by atoms with Crippen LogP contribution in [0.1, 0.15) is 13.3 Å². The van der Waals surface area contributed by atoms with Crippen molar-refractivity contribution in [3.8, 4) is 0 Å². The summed E-state index contributed by atoms with van der Waals surface area (Å²) in [5.41, 5.74) is 0. The zero-order valence-electron chi connectivity index (χ0n) is 8.84. The molecule has 2 N–H and O–H groups in total. The highest BCUT2D eigenvalue weighted by Crippen LogP contribution is 1.96. The van der Waals surface area contributed by atoms with Gasteiger partial charge < -0.3 is 10.6 Å². The van der Waals surface area contributed by atoms with Crippen LogP contribution in [0.3, 0.4) is 0 Å². The molecule has 0 radical (unpaired) electrons. The van der Waals surface area contributed by atoms with E-state index in [2.05, 4.69) is 17.2 Å². The molecule has 0 rings (SSSR count). The molecular weight excluding hydrogens is 196 g/mol. The van der Waals surface area contributed by atoms with Gasteiger partial charge in [0.15, 0.2) is 0 Å². The van der Waals surface area contributed by atoms with Gasteiger partial charge in [-0.2, -0.15) is 11.8 Å². The van der Waals surface area contributed by atoms with Gasteiger partial charge in [0.25, 0.3) is 0 Å². The highest BCUT2D eigenvalue weighted by atomic mass is 32.2. The van der Waals surface area contributed by atoms with Gasteiger partial charge in [-0.15, -0.1) is 6.58 Å². The van der Waals surface area contributed by atoms with Crippen molar-refractivity contribution in [2.24, 2.45) is 0 Å². The molecule has 3 nitrogen and oxygen atoms in total. The maximum absolute atomic E-state index is 11.0. The Balaban J connectivity index is 3.05. The molecule has 4 heteroatoms. The lowest BCUT2D eigenvalue weighted by Gasteiger charge is -2.04. The summed E-state index contributed by atoms with van der Waals surface area (Å²) < 4.78 is 0. The monoisotopic (exact) mass is 216 g/mol. The summed E-state index contributed by atoms with van der Waals surface area (Å²) in [7, 11) is 0. The molecule has 82 valence electrons. The zero-order chi connectivity index (χ0) is 10.6. The van der Waals surface area contributed by atoms with Crippen LogP contribution in [0.2, 0.25) is 0 Å². The summed E-state index contributed by atoms with van der Waals surface area (Å²) in [5.74, 6) is 2.19. The van der Waals surface area contributed by atoms with Crippen LogP contribution in [0, 0.1) is 0 Å². The van der Waals surface area contributed by atoms with E-state index in [1.54, 1.807) is 0 Å². The highest BCUT2D eigenvalue weighted by Gasteiger charge is 1.97. The third kappa shape index (κ3) is 9.61. The Morgan fingerprint density at radius 1 is 1.50 bits per heavy atom. The van der Waals surface area contributed by atoms with Crippen molar-refractivity contribution < 1.29 is 4.79 Å². The van der Waals surface area contributed by atoms with Crippen LogP contribution >= 0.6 is 11.8 Å². The van der Waals surface area contributed by atoms with Crippen LogP contribution < -0.4 is 10.6 Å². The second kappa shape index (κ2) is 10.6. The Morgan fingerprint density at radius 2 is 2.29 bits per heavy atom. The largest absolute Gasteiger partial charge is 0.356 e. The van der Waals surface area contributed by atoms with E-state index >= 15 is 0 Å². The van der Waals surface area contributed by atoms with Crippen molar-refractivity contribution >= 4 is 17.7 Å². The van der Waals surface area contributed by atoms with Crippen molar-refractivity contribution in [2.45, 2.75) is 13.3 Å². The lowest BCUT2D eigenvalue weighted by atomic mass is 10.4. The Hall–Kier alpha value is -0.480. The molecule has 0 aromatic carbocycles. The summed E-state index contributed by atoms with van der Waals surface area (Å²) in [4.78, 5) is 11.0. The molecule has 0 aliphatic carbocycles. The maximum Gasteiger partial charge on any atom is 0.221 e. The van der Waals surface area contributed by atoms with Crippen LogP contribution in [-0.4, -0.2) is 37.0 Å². The normalized spacial score (nSPS) is 9.79. The average molecular weight is 216 g/mol. The quantitative estimate of drug-likeness (QED) is 0.447. The van der Waals surface area contributed by atoms with E-state index in [9.17, 15) is 4.79 Å². The van der Waals surface area contributed by atoms with Crippen LogP contribution in [-0.2, 0) is 4.79 Å². The number of hydrogen-bond acceptors (Lipinski definition) is 3. The minimum absolute atomic E-state index is 0.124. The van der Waals surface area contributed by atoms with Gasteiger partial charge in [0.2, 0.25) is 5.91 Å². The zero-order valence-corrected chi connectivity index (χ0v) is 9.66. The molecule has 0 saturated heterocycles. The number of carbonyl (C=O) groups is 1. The van der Waals surface area contributed by atoms with Crippen molar-refractivity contribution in [1.29, 1.82) is 0 Å². The topological polar surface area (TPSA) is 41.1 Å². The van der Waals surface area contributed by atoms with Gasteiger partial charge >= 0.3 is 0 Å². The van der Waals surface area contributed by atoms with Gasteiger partial charge in [-0.05, 0) is 6.92 Å². The third-order valence-electron chi connectivity index (χ3n) is 1.56. The first-order chi connectivity index (χ1) is 6.81. The predicted octanol–water partition coefficient (Wildman–Crippen LogP) is 1.02. The molecule has 0 aromatic heterocycles. The fourth-order valence-corrected chi connectivity index (χ4v) is 1.55. The number of thioether (sulfide) groups is 1. The molecule has 0 heterocycles. The SMILES string of the molecule is C=CCSCCNCCC(=O)NCC. The standard InChI is InChI=1S/C10H20N2OS/c1-3-8-14-9-7-11-6-5-10(13)12-4-2/h3,11H,1,4-9H2,2H3,(H,12,13). The molecule has 1 amide bonds. The van der Waals surface area contributed by atoms with Crippen molar-refractivity contribution in [1.82, 2.24) is 10.6 Å². The van der Waals surface area contributed by atoms with E-state index in [4.69, 9.17) is 0 Å². The maximum atomic E-state index is 11.0. The minimum atomic E-state index is 0.124. The summed E-state index contributed by atoms with van der Waals surface area (Å²) in [6.07, 6.45) is 2.47. The number of nitrogens with one attached hydrogen (secondary N) is 2. The second-order valence-corrected chi connectivity index (χ2v) is 3.97. The summed E-state index contributed by atoms with van der Waals surface area (Å²) in [6, 6.07) is 0. The van der Waals surface area contributed by atoms with Gasteiger partial charge in [-0.25, -0.2) is 0 Å². The second-order valence-electron chi connectivity index (χ2n) is 2.82. The Labute approximate surface area is 90.7 Å². The van der Waals surface area contributed by atoms with E-state index in [0.29, 0.717) is 13.0 Å². The first-order valence-corrected chi connectivity index (χ1v) is 6.12. The lowest BCUT2D eigenvalue weighted by Crippen LogP contribution is -2.28.